The van der Waals surface area contributed by atoms with Crippen LogP contribution < -0.4 is 5.73 Å². The first-order valence-electron chi connectivity index (χ1n) is 6.07. The molecule has 2 rings (SSSR count). The normalized spacial score (nSPS) is 35.2. The summed E-state index contributed by atoms with van der Waals surface area (Å²) in [5.74, 6) is 0.327. The molecule has 98 valence electrons. The number of amides is 1. The molecule has 1 aliphatic heterocycles. The van der Waals surface area contributed by atoms with E-state index in [1.54, 1.807) is 0 Å². The van der Waals surface area contributed by atoms with Gasteiger partial charge in [-0.1, -0.05) is 6.92 Å². The molecule has 2 aliphatic rings. The van der Waals surface area contributed by atoms with Crippen LogP contribution >= 0.6 is 0 Å². The van der Waals surface area contributed by atoms with Crippen molar-refractivity contribution in [2.75, 3.05) is 13.1 Å². The van der Waals surface area contributed by atoms with Gasteiger partial charge in [-0.2, -0.15) is 0 Å². The Morgan fingerprint density at radius 1 is 1.47 bits per heavy atom. The van der Waals surface area contributed by atoms with Crippen molar-refractivity contribution in [3.8, 4) is 0 Å². The molecule has 0 radical (unpaired) electrons. The van der Waals surface area contributed by atoms with Gasteiger partial charge in [0.1, 0.15) is 11.2 Å². The molecule has 0 aromatic rings. The van der Waals surface area contributed by atoms with Gasteiger partial charge in [-0.25, -0.2) is 4.79 Å². The van der Waals surface area contributed by atoms with Crippen molar-refractivity contribution in [3.05, 3.63) is 0 Å². The Labute approximate surface area is 102 Å². The van der Waals surface area contributed by atoms with Crippen LogP contribution in [0.3, 0.4) is 0 Å². The van der Waals surface area contributed by atoms with E-state index in [1.165, 1.54) is 4.90 Å². The molecule has 5 heteroatoms. The van der Waals surface area contributed by atoms with Gasteiger partial charge in [-0.15, -0.1) is 0 Å². The Bertz CT molecular complexity index is 344. The third-order valence-electron chi connectivity index (χ3n) is 3.79. The Morgan fingerprint density at radius 2 is 1.94 bits per heavy atom. The van der Waals surface area contributed by atoms with E-state index in [4.69, 9.17) is 10.5 Å². The van der Waals surface area contributed by atoms with Gasteiger partial charge >= 0.3 is 6.09 Å². The van der Waals surface area contributed by atoms with Crippen molar-refractivity contribution in [2.24, 2.45) is 11.7 Å². The van der Waals surface area contributed by atoms with Crippen molar-refractivity contribution in [1.29, 1.82) is 0 Å². The smallest absolute Gasteiger partial charge is 0.410 e. The van der Waals surface area contributed by atoms with Crippen LogP contribution in [0.2, 0.25) is 0 Å². The van der Waals surface area contributed by atoms with Crippen molar-refractivity contribution in [3.63, 3.8) is 0 Å². The van der Waals surface area contributed by atoms with Gasteiger partial charge in [0, 0.05) is 0 Å². The van der Waals surface area contributed by atoms with Crippen LogP contribution in [0.1, 0.15) is 34.1 Å². The molecule has 1 saturated carbocycles. The van der Waals surface area contributed by atoms with E-state index in [1.807, 2.05) is 27.7 Å². The van der Waals surface area contributed by atoms with Gasteiger partial charge in [-0.3, -0.25) is 0 Å². The first-order chi connectivity index (χ1) is 7.57. The van der Waals surface area contributed by atoms with Crippen molar-refractivity contribution in [1.82, 2.24) is 4.90 Å². The SMILES string of the molecule is CC1CC1(N)C1(O)CN(C(=O)OC(C)(C)C)C1. The minimum atomic E-state index is -0.927. The van der Waals surface area contributed by atoms with Crippen molar-refractivity contribution in [2.45, 2.75) is 50.9 Å². The second-order valence-electron chi connectivity index (χ2n) is 6.51. The highest BCUT2D eigenvalue weighted by molar-refractivity contribution is 5.70. The second kappa shape index (κ2) is 3.36. The van der Waals surface area contributed by atoms with E-state index < -0.39 is 16.7 Å². The zero-order valence-corrected chi connectivity index (χ0v) is 11.0. The number of hydrogen-bond acceptors (Lipinski definition) is 4. The summed E-state index contributed by atoms with van der Waals surface area (Å²) < 4.78 is 5.23. The van der Waals surface area contributed by atoms with Crippen molar-refractivity contribution < 1.29 is 14.6 Å². The highest BCUT2D eigenvalue weighted by atomic mass is 16.6. The number of nitrogens with two attached hydrogens (primary N) is 1. The Kier molecular flexibility index (Phi) is 2.50. The Morgan fingerprint density at radius 3 is 2.29 bits per heavy atom. The quantitative estimate of drug-likeness (QED) is 0.710. The molecule has 1 amide bonds. The summed E-state index contributed by atoms with van der Waals surface area (Å²) in [5, 5.41) is 10.3. The first kappa shape index (κ1) is 12.6. The highest BCUT2D eigenvalue weighted by Gasteiger charge is 2.67. The van der Waals surface area contributed by atoms with E-state index in [0.717, 1.165) is 6.42 Å². The number of rotatable bonds is 1. The van der Waals surface area contributed by atoms with Crippen LogP contribution in [0.15, 0.2) is 0 Å². The van der Waals surface area contributed by atoms with E-state index in [9.17, 15) is 9.90 Å². The van der Waals surface area contributed by atoms with Gasteiger partial charge < -0.3 is 20.5 Å². The second-order valence-corrected chi connectivity index (χ2v) is 6.51. The molecule has 0 bridgehead atoms. The summed E-state index contributed by atoms with van der Waals surface area (Å²) in [6, 6.07) is 0. The monoisotopic (exact) mass is 242 g/mol. The number of ether oxygens (including phenoxy) is 1. The maximum atomic E-state index is 11.7. The average molecular weight is 242 g/mol. The fourth-order valence-electron chi connectivity index (χ4n) is 2.43. The van der Waals surface area contributed by atoms with Crippen molar-refractivity contribution >= 4 is 6.09 Å². The number of β-amino-alcohol motifs (C(OH)–C–C–N with tert-alkyl or cyclic N) is 1. The average Bonchev–Trinajstić information content (AvgIpc) is 2.67. The number of aliphatic hydroxyl groups is 1. The molecule has 0 spiro atoms. The largest absolute Gasteiger partial charge is 0.444 e. The zero-order valence-electron chi connectivity index (χ0n) is 11.0. The summed E-state index contributed by atoms with van der Waals surface area (Å²) in [7, 11) is 0. The number of carbonyl (C=O) groups is 1. The summed E-state index contributed by atoms with van der Waals surface area (Å²) in [6.45, 7) is 8.05. The molecule has 1 aliphatic carbocycles. The third kappa shape index (κ3) is 2.02. The summed E-state index contributed by atoms with van der Waals surface area (Å²) in [6.07, 6.45) is 0.449. The van der Waals surface area contributed by atoms with Crippen LogP contribution in [0.25, 0.3) is 0 Å². The van der Waals surface area contributed by atoms with Crippen LogP contribution in [0.4, 0.5) is 4.79 Å². The molecule has 5 nitrogen and oxygen atoms in total. The fourth-order valence-corrected chi connectivity index (χ4v) is 2.43. The van der Waals surface area contributed by atoms with Crippen LogP contribution in [0, 0.1) is 5.92 Å². The van der Waals surface area contributed by atoms with Gasteiger partial charge in [0.15, 0.2) is 0 Å². The lowest BCUT2D eigenvalue weighted by Gasteiger charge is -2.50. The lowest BCUT2D eigenvalue weighted by molar-refractivity contribution is -0.121. The highest BCUT2D eigenvalue weighted by Crippen LogP contribution is 2.51. The number of nitrogens with zero attached hydrogens (tertiary/aromatic N) is 1. The van der Waals surface area contributed by atoms with E-state index >= 15 is 0 Å². The first-order valence-corrected chi connectivity index (χ1v) is 6.07. The van der Waals surface area contributed by atoms with E-state index in [2.05, 4.69) is 0 Å². The molecule has 1 saturated heterocycles. The molecule has 1 heterocycles. The lowest BCUT2D eigenvalue weighted by Crippen LogP contribution is -2.73. The van der Waals surface area contributed by atoms with Crippen LogP contribution in [-0.2, 0) is 4.74 Å². The predicted octanol–water partition coefficient (Wildman–Crippen LogP) is 0.705. The van der Waals surface area contributed by atoms with Gasteiger partial charge in [0.2, 0.25) is 0 Å². The molecule has 2 atom stereocenters. The van der Waals surface area contributed by atoms with E-state index in [0.29, 0.717) is 5.92 Å². The van der Waals surface area contributed by atoms with Crippen LogP contribution in [-0.4, -0.2) is 45.9 Å². The molecule has 17 heavy (non-hydrogen) atoms. The van der Waals surface area contributed by atoms with Crippen LogP contribution in [0.5, 0.6) is 0 Å². The maximum Gasteiger partial charge on any atom is 0.410 e. The predicted molar refractivity (Wildman–Crippen MR) is 63.5 cm³/mol. The summed E-state index contributed by atoms with van der Waals surface area (Å²) in [4.78, 5) is 13.2. The minimum absolute atomic E-state index is 0.281. The summed E-state index contributed by atoms with van der Waals surface area (Å²) in [5.41, 5.74) is 4.15. The lowest BCUT2D eigenvalue weighted by atomic mass is 9.83. The van der Waals surface area contributed by atoms with E-state index in [-0.39, 0.29) is 19.2 Å². The van der Waals surface area contributed by atoms with Gasteiger partial charge in [0.25, 0.3) is 0 Å². The maximum absolute atomic E-state index is 11.7. The Balaban J connectivity index is 1.89. The molecule has 3 N–H and O–H groups in total. The third-order valence-corrected chi connectivity index (χ3v) is 3.79. The molecule has 2 unspecified atom stereocenters. The minimum Gasteiger partial charge on any atom is -0.444 e. The topological polar surface area (TPSA) is 75.8 Å². The molecule has 0 aromatic carbocycles. The number of likely N-dealkylation sites (tertiary alicyclic amines) is 1. The molecule has 0 aromatic heterocycles. The standard InChI is InChI=1S/C12H22N2O3/c1-8-5-12(8,13)11(16)6-14(7-11)9(15)17-10(2,3)4/h8,16H,5-7,13H2,1-4H3. The number of carbonyl (C=O) groups excluding carboxylic acids is 1. The van der Waals surface area contributed by atoms with Gasteiger partial charge in [-0.05, 0) is 33.1 Å². The molecule has 2 fully saturated rings. The molecular formula is C12H22N2O3. The Hall–Kier alpha value is -0.810. The zero-order chi connectivity index (χ0) is 13.1. The molecular weight excluding hydrogens is 220 g/mol. The summed E-state index contributed by atoms with van der Waals surface area (Å²) >= 11 is 0. The van der Waals surface area contributed by atoms with Gasteiger partial charge in [0.05, 0.1) is 18.6 Å². The number of hydrogen-bond donors (Lipinski definition) is 2. The fraction of sp³-hybridized carbons (Fsp3) is 0.917.